The first kappa shape index (κ1) is 12.7. The van der Waals surface area contributed by atoms with Crippen LogP contribution >= 0.6 is 0 Å². The van der Waals surface area contributed by atoms with Crippen LogP contribution in [0.3, 0.4) is 0 Å². The van der Waals surface area contributed by atoms with Crippen molar-refractivity contribution in [1.29, 1.82) is 0 Å². The molecule has 0 aliphatic heterocycles. The molecular formula is C11H19N3O2. The van der Waals surface area contributed by atoms with Gasteiger partial charge in [0.2, 0.25) is 0 Å². The van der Waals surface area contributed by atoms with Crippen LogP contribution in [0.4, 0.5) is 0 Å². The summed E-state index contributed by atoms with van der Waals surface area (Å²) in [6.07, 6.45) is 1.88. The molecule has 1 heterocycles. The van der Waals surface area contributed by atoms with E-state index in [9.17, 15) is 4.79 Å². The minimum absolute atomic E-state index is 0.398. The van der Waals surface area contributed by atoms with Crippen molar-refractivity contribution >= 4 is 5.97 Å². The summed E-state index contributed by atoms with van der Waals surface area (Å²) in [7, 11) is 0. The lowest BCUT2D eigenvalue weighted by molar-refractivity contribution is -0.146. The molecule has 1 rings (SSSR count). The van der Waals surface area contributed by atoms with Crippen molar-refractivity contribution in [2.75, 3.05) is 0 Å². The normalized spacial score (nSPS) is 12.1. The Bertz CT molecular complexity index is 369. The molecule has 5 heteroatoms. The second-order valence-electron chi connectivity index (χ2n) is 5.12. The lowest BCUT2D eigenvalue weighted by atomic mass is 9.89. The van der Waals surface area contributed by atoms with E-state index in [4.69, 9.17) is 5.11 Å². The predicted molar refractivity (Wildman–Crippen MR) is 60.0 cm³/mol. The summed E-state index contributed by atoms with van der Waals surface area (Å²) in [6.45, 7) is 8.35. The molecule has 0 saturated heterocycles. The van der Waals surface area contributed by atoms with Gasteiger partial charge in [-0.05, 0) is 19.8 Å². The third-order valence-electron chi connectivity index (χ3n) is 2.41. The van der Waals surface area contributed by atoms with Crippen molar-refractivity contribution in [2.24, 2.45) is 11.3 Å². The van der Waals surface area contributed by atoms with E-state index in [0.717, 1.165) is 12.4 Å². The van der Waals surface area contributed by atoms with Crippen LogP contribution in [0.1, 0.15) is 33.5 Å². The van der Waals surface area contributed by atoms with E-state index in [1.165, 1.54) is 6.33 Å². The first-order valence-electron chi connectivity index (χ1n) is 5.43. The van der Waals surface area contributed by atoms with E-state index < -0.39 is 11.4 Å². The molecular weight excluding hydrogens is 206 g/mol. The van der Waals surface area contributed by atoms with Crippen molar-refractivity contribution in [3.63, 3.8) is 0 Å². The molecule has 0 unspecified atom stereocenters. The van der Waals surface area contributed by atoms with E-state index in [1.54, 1.807) is 18.5 Å². The van der Waals surface area contributed by atoms with Crippen LogP contribution in [-0.4, -0.2) is 25.8 Å². The summed E-state index contributed by atoms with van der Waals surface area (Å²) >= 11 is 0. The Morgan fingerprint density at radius 3 is 2.69 bits per heavy atom. The van der Waals surface area contributed by atoms with Gasteiger partial charge < -0.3 is 5.11 Å². The number of hydrogen-bond acceptors (Lipinski definition) is 3. The smallest absolute Gasteiger partial charge is 0.309 e. The van der Waals surface area contributed by atoms with Gasteiger partial charge in [-0.2, -0.15) is 5.10 Å². The van der Waals surface area contributed by atoms with Gasteiger partial charge in [-0.25, -0.2) is 9.67 Å². The summed E-state index contributed by atoms with van der Waals surface area (Å²) < 4.78 is 1.79. The largest absolute Gasteiger partial charge is 0.481 e. The molecule has 0 radical (unpaired) electrons. The number of rotatable bonds is 5. The fraction of sp³-hybridized carbons (Fsp3) is 0.727. The highest BCUT2D eigenvalue weighted by Gasteiger charge is 2.29. The third-order valence-corrected chi connectivity index (χ3v) is 2.41. The Morgan fingerprint density at radius 1 is 1.56 bits per heavy atom. The molecule has 1 N–H and O–H groups in total. The number of aromatic nitrogens is 3. The molecule has 0 bridgehead atoms. The second kappa shape index (κ2) is 4.63. The molecule has 0 saturated carbocycles. The van der Waals surface area contributed by atoms with Gasteiger partial charge in [0, 0.05) is 13.0 Å². The van der Waals surface area contributed by atoms with E-state index in [-0.39, 0.29) is 0 Å². The van der Waals surface area contributed by atoms with Crippen molar-refractivity contribution in [3.05, 3.63) is 12.2 Å². The molecule has 0 aromatic carbocycles. The highest BCUT2D eigenvalue weighted by atomic mass is 16.4. The zero-order valence-corrected chi connectivity index (χ0v) is 10.3. The van der Waals surface area contributed by atoms with Gasteiger partial charge in [0.05, 0.1) is 5.41 Å². The standard InChI is InChI=1S/C11H19N3O2/c1-8(2)6-14-9(12-7-13-14)5-11(3,4)10(15)16/h7-8H,5-6H2,1-4H3,(H,15,16). The maximum Gasteiger partial charge on any atom is 0.309 e. The summed E-state index contributed by atoms with van der Waals surface area (Å²) in [5, 5.41) is 13.2. The van der Waals surface area contributed by atoms with Crippen LogP contribution in [0, 0.1) is 11.3 Å². The number of aliphatic carboxylic acids is 1. The Hall–Kier alpha value is -1.39. The van der Waals surface area contributed by atoms with Crippen molar-refractivity contribution in [3.8, 4) is 0 Å². The summed E-state index contributed by atoms with van der Waals surface area (Å²) in [6, 6.07) is 0. The number of hydrogen-bond donors (Lipinski definition) is 1. The van der Waals surface area contributed by atoms with Crippen molar-refractivity contribution in [2.45, 2.75) is 40.7 Å². The molecule has 0 fully saturated rings. The molecule has 16 heavy (non-hydrogen) atoms. The molecule has 1 aromatic heterocycles. The van der Waals surface area contributed by atoms with Gasteiger partial charge in [-0.1, -0.05) is 13.8 Å². The van der Waals surface area contributed by atoms with Gasteiger partial charge in [0.25, 0.3) is 0 Å². The van der Waals surface area contributed by atoms with Crippen LogP contribution < -0.4 is 0 Å². The first-order chi connectivity index (χ1) is 7.33. The summed E-state index contributed by atoms with van der Waals surface area (Å²) in [4.78, 5) is 15.1. The molecule has 5 nitrogen and oxygen atoms in total. The topological polar surface area (TPSA) is 68.0 Å². The van der Waals surface area contributed by atoms with Crippen LogP contribution in [0.5, 0.6) is 0 Å². The fourth-order valence-electron chi connectivity index (χ4n) is 1.39. The van der Waals surface area contributed by atoms with E-state index in [2.05, 4.69) is 23.9 Å². The Kier molecular flexibility index (Phi) is 3.67. The van der Waals surface area contributed by atoms with Gasteiger partial charge in [-0.15, -0.1) is 0 Å². The molecule has 0 spiro atoms. The Morgan fingerprint density at radius 2 is 2.19 bits per heavy atom. The maximum absolute atomic E-state index is 11.0. The molecule has 0 amide bonds. The van der Waals surface area contributed by atoms with E-state index in [0.29, 0.717) is 12.3 Å². The predicted octanol–water partition coefficient (Wildman–Crippen LogP) is 1.59. The third kappa shape index (κ3) is 3.05. The lowest BCUT2D eigenvalue weighted by Gasteiger charge is -2.19. The van der Waals surface area contributed by atoms with Crippen LogP contribution in [-0.2, 0) is 17.8 Å². The lowest BCUT2D eigenvalue weighted by Crippen LogP contribution is -2.28. The van der Waals surface area contributed by atoms with Crippen LogP contribution in [0.2, 0.25) is 0 Å². The van der Waals surface area contributed by atoms with Crippen molar-refractivity contribution < 1.29 is 9.90 Å². The zero-order valence-electron chi connectivity index (χ0n) is 10.3. The van der Waals surface area contributed by atoms with Gasteiger partial charge in [0.15, 0.2) is 0 Å². The quantitative estimate of drug-likeness (QED) is 0.826. The monoisotopic (exact) mass is 225 g/mol. The first-order valence-corrected chi connectivity index (χ1v) is 5.43. The highest BCUT2D eigenvalue weighted by molar-refractivity contribution is 5.73. The highest BCUT2D eigenvalue weighted by Crippen LogP contribution is 2.21. The van der Waals surface area contributed by atoms with Gasteiger partial charge in [-0.3, -0.25) is 4.79 Å². The summed E-state index contributed by atoms with van der Waals surface area (Å²) in [5.41, 5.74) is -0.804. The van der Waals surface area contributed by atoms with Crippen LogP contribution in [0.15, 0.2) is 6.33 Å². The molecule has 90 valence electrons. The number of carboxylic acids is 1. The van der Waals surface area contributed by atoms with E-state index >= 15 is 0 Å². The summed E-state index contributed by atoms with van der Waals surface area (Å²) in [5.74, 6) is 0.390. The average molecular weight is 225 g/mol. The fourth-order valence-corrected chi connectivity index (χ4v) is 1.39. The number of nitrogens with zero attached hydrogens (tertiary/aromatic N) is 3. The second-order valence-corrected chi connectivity index (χ2v) is 5.12. The SMILES string of the molecule is CC(C)Cn1ncnc1CC(C)(C)C(=O)O. The molecule has 1 aromatic rings. The number of carboxylic acid groups (broad SMARTS) is 1. The van der Waals surface area contributed by atoms with Crippen molar-refractivity contribution in [1.82, 2.24) is 14.8 Å². The van der Waals surface area contributed by atoms with Gasteiger partial charge >= 0.3 is 5.97 Å². The van der Waals surface area contributed by atoms with Crippen LogP contribution in [0.25, 0.3) is 0 Å². The minimum Gasteiger partial charge on any atom is -0.481 e. The molecule has 0 atom stereocenters. The van der Waals surface area contributed by atoms with Gasteiger partial charge in [0.1, 0.15) is 12.2 Å². The van der Waals surface area contributed by atoms with E-state index in [1.807, 2.05) is 0 Å². The Balaban J connectivity index is 2.81. The molecule has 0 aliphatic rings. The Labute approximate surface area is 95.5 Å². The molecule has 0 aliphatic carbocycles. The zero-order chi connectivity index (χ0) is 12.3. The maximum atomic E-state index is 11.0. The minimum atomic E-state index is -0.813. The number of carbonyl (C=O) groups is 1. The average Bonchev–Trinajstić information content (AvgIpc) is 2.50.